The van der Waals surface area contributed by atoms with E-state index >= 15 is 0 Å². The molecule has 1 atom stereocenters. The van der Waals surface area contributed by atoms with Crippen molar-refractivity contribution in [1.82, 2.24) is 10.2 Å². The number of aryl methyl sites for hydroxylation is 1. The third-order valence-electron chi connectivity index (χ3n) is 6.58. The second-order valence-electron chi connectivity index (χ2n) is 9.63. The fourth-order valence-corrected chi connectivity index (χ4v) is 6.28. The first-order valence-electron chi connectivity index (χ1n) is 13.4. The van der Waals surface area contributed by atoms with Crippen molar-refractivity contribution < 1.29 is 22.7 Å². The molecule has 0 heterocycles. The molecule has 0 saturated carbocycles. The van der Waals surface area contributed by atoms with E-state index in [4.69, 9.17) is 39.5 Å². The lowest BCUT2D eigenvalue weighted by molar-refractivity contribution is -0.140. The first kappa shape index (κ1) is 33.5. The molecular formula is C30H34Cl3N3O5S. The fraction of sp³-hybridized carbons (Fsp3) is 0.333. The highest BCUT2D eigenvalue weighted by Gasteiger charge is 2.34. The monoisotopic (exact) mass is 653 g/mol. The molecule has 12 heteroatoms. The molecule has 0 aromatic heterocycles. The average Bonchev–Trinajstić information content (AvgIpc) is 2.96. The van der Waals surface area contributed by atoms with Gasteiger partial charge in [-0.2, -0.15) is 0 Å². The Hall–Kier alpha value is -2.98. The second-order valence-corrected chi connectivity index (χ2v) is 12.7. The number of benzene rings is 3. The van der Waals surface area contributed by atoms with Crippen LogP contribution in [0.3, 0.4) is 0 Å². The predicted octanol–water partition coefficient (Wildman–Crippen LogP) is 6.49. The van der Waals surface area contributed by atoms with Crippen LogP contribution in [-0.4, -0.2) is 51.4 Å². The number of anilines is 1. The van der Waals surface area contributed by atoms with E-state index in [1.54, 1.807) is 37.3 Å². The van der Waals surface area contributed by atoms with Crippen LogP contribution in [0.5, 0.6) is 5.75 Å². The van der Waals surface area contributed by atoms with Crippen molar-refractivity contribution in [3.63, 3.8) is 0 Å². The first-order valence-corrected chi connectivity index (χ1v) is 15.9. The van der Waals surface area contributed by atoms with Crippen molar-refractivity contribution in [1.29, 1.82) is 0 Å². The Kier molecular flexibility index (Phi) is 11.9. The Labute approximate surface area is 262 Å². The molecule has 3 rings (SSSR count). The Balaban J connectivity index is 2.10. The van der Waals surface area contributed by atoms with Crippen LogP contribution in [0.15, 0.2) is 65.6 Å². The number of ether oxygens (including phenoxy) is 1. The number of sulfonamides is 1. The van der Waals surface area contributed by atoms with Gasteiger partial charge in [0.25, 0.3) is 10.0 Å². The van der Waals surface area contributed by atoms with Crippen molar-refractivity contribution in [2.75, 3.05) is 24.5 Å². The molecule has 3 aromatic carbocycles. The van der Waals surface area contributed by atoms with Crippen LogP contribution in [0.2, 0.25) is 15.1 Å². The van der Waals surface area contributed by atoms with Crippen LogP contribution in [0, 0.1) is 6.92 Å². The molecule has 0 unspecified atom stereocenters. The summed E-state index contributed by atoms with van der Waals surface area (Å²) < 4.78 is 34.2. The van der Waals surface area contributed by atoms with Gasteiger partial charge < -0.3 is 15.0 Å². The van der Waals surface area contributed by atoms with E-state index in [0.717, 1.165) is 9.87 Å². The molecular weight excluding hydrogens is 621 g/mol. The Morgan fingerprint density at radius 2 is 1.62 bits per heavy atom. The second kappa shape index (κ2) is 15.0. The summed E-state index contributed by atoms with van der Waals surface area (Å²) in [7, 11) is -2.80. The third kappa shape index (κ3) is 8.10. The topological polar surface area (TPSA) is 96.0 Å². The molecule has 0 spiro atoms. The zero-order valence-corrected chi connectivity index (χ0v) is 26.9. The maximum absolute atomic E-state index is 14.1. The zero-order valence-electron chi connectivity index (χ0n) is 23.9. The van der Waals surface area contributed by atoms with Gasteiger partial charge in [0.15, 0.2) is 0 Å². The molecule has 0 saturated heterocycles. The van der Waals surface area contributed by atoms with Crippen LogP contribution in [0.1, 0.15) is 37.8 Å². The molecule has 0 aliphatic carbocycles. The number of rotatable bonds is 13. The lowest BCUT2D eigenvalue weighted by Gasteiger charge is -2.33. The number of hydrogen-bond donors (Lipinski definition) is 1. The molecule has 3 aromatic rings. The fourth-order valence-electron chi connectivity index (χ4n) is 4.30. The van der Waals surface area contributed by atoms with E-state index in [0.29, 0.717) is 40.7 Å². The number of amides is 2. The van der Waals surface area contributed by atoms with Gasteiger partial charge in [0, 0.05) is 13.1 Å². The standard InChI is InChI=1S/C30H34Cl3N3O5S/c1-5-15-34-30(38)27(6-2)35(18-21-9-13-24(31)25(32)16-21)29(37)19-36(22-10-14-28(41-4)26(33)17-22)42(39,40)23-11-7-20(3)8-12-23/h7-14,16-17,27H,5-6,15,18-19H2,1-4H3,(H,34,38)/t27-/m1/s1. The Morgan fingerprint density at radius 1 is 0.929 bits per heavy atom. The summed E-state index contributed by atoms with van der Waals surface area (Å²) in [5, 5.41) is 3.66. The summed E-state index contributed by atoms with van der Waals surface area (Å²) >= 11 is 18.7. The van der Waals surface area contributed by atoms with Crippen molar-refractivity contribution in [2.24, 2.45) is 0 Å². The number of nitrogens with zero attached hydrogens (tertiary/aromatic N) is 2. The van der Waals surface area contributed by atoms with Gasteiger partial charge in [-0.1, -0.05) is 72.4 Å². The number of carbonyl (C=O) groups is 2. The summed E-state index contributed by atoms with van der Waals surface area (Å²) in [5.74, 6) is -0.588. The van der Waals surface area contributed by atoms with Gasteiger partial charge in [0.2, 0.25) is 11.8 Å². The Bertz CT molecular complexity index is 1520. The first-order chi connectivity index (χ1) is 19.9. The average molecular weight is 655 g/mol. The molecule has 42 heavy (non-hydrogen) atoms. The van der Waals surface area contributed by atoms with Crippen molar-refractivity contribution in [2.45, 2.75) is 51.1 Å². The van der Waals surface area contributed by atoms with Crippen molar-refractivity contribution in [3.05, 3.63) is 86.9 Å². The van der Waals surface area contributed by atoms with Gasteiger partial charge in [-0.25, -0.2) is 8.42 Å². The SMILES string of the molecule is CCCNC(=O)[C@@H](CC)N(Cc1ccc(Cl)c(Cl)c1)C(=O)CN(c1ccc(OC)c(Cl)c1)S(=O)(=O)c1ccc(C)cc1. The number of nitrogens with one attached hydrogen (secondary N) is 1. The van der Waals surface area contributed by atoms with E-state index in [2.05, 4.69) is 5.32 Å². The summed E-state index contributed by atoms with van der Waals surface area (Å²) in [4.78, 5) is 28.7. The van der Waals surface area contributed by atoms with Crippen LogP contribution in [0.4, 0.5) is 5.69 Å². The van der Waals surface area contributed by atoms with Crippen LogP contribution >= 0.6 is 34.8 Å². The zero-order chi connectivity index (χ0) is 31.0. The number of methoxy groups -OCH3 is 1. The van der Waals surface area contributed by atoms with Crippen molar-refractivity contribution >= 4 is 62.3 Å². The minimum atomic E-state index is -4.24. The predicted molar refractivity (Wildman–Crippen MR) is 168 cm³/mol. The minimum Gasteiger partial charge on any atom is -0.495 e. The normalized spacial score (nSPS) is 12.0. The number of halogens is 3. The van der Waals surface area contributed by atoms with E-state index < -0.39 is 28.5 Å². The van der Waals surface area contributed by atoms with Gasteiger partial charge in [0.05, 0.1) is 32.8 Å². The van der Waals surface area contributed by atoms with Gasteiger partial charge in [-0.15, -0.1) is 0 Å². The molecule has 2 amide bonds. The van der Waals surface area contributed by atoms with Crippen LogP contribution in [-0.2, 0) is 26.2 Å². The van der Waals surface area contributed by atoms with E-state index in [1.165, 1.54) is 42.3 Å². The van der Waals surface area contributed by atoms with Crippen LogP contribution < -0.4 is 14.4 Å². The molecule has 8 nitrogen and oxygen atoms in total. The highest BCUT2D eigenvalue weighted by molar-refractivity contribution is 7.92. The highest BCUT2D eigenvalue weighted by Crippen LogP contribution is 2.32. The largest absolute Gasteiger partial charge is 0.495 e. The molecule has 226 valence electrons. The molecule has 0 aliphatic heterocycles. The maximum atomic E-state index is 14.1. The highest BCUT2D eigenvalue weighted by atomic mass is 35.5. The van der Waals surface area contributed by atoms with E-state index in [1.807, 2.05) is 13.8 Å². The number of carbonyl (C=O) groups excluding carboxylic acids is 2. The van der Waals surface area contributed by atoms with Crippen LogP contribution in [0.25, 0.3) is 0 Å². The summed E-state index contributed by atoms with van der Waals surface area (Å²) in [6.07, 6.45) is 1.01. The molecule has 0 bridgehead atoms. The molecule has 0 fully saturated rings. The number of hydrogen-bond acceptors (Lipinski definition) is 5. The van der Waals surface area contributed by atoms with E-state index in [-0.39, 0.29) is 28.1 Å². The summed E-state index contributed by atoms with van der Waals surface area (Å²) in [5.41, 5.74) is 1.66. The molecule has 0 radical (unpaired) electrons. The third-order valence-corrected chi connectivity index (χ3v) is 9.41. The smallest absolute Gasteiger partial charge is 0.264 e. The van der Waals surface area contributed by atoms with Gasteiger partial charge in [-0.05, 0) is 67.8 Å². The van der Waals surface area contributed by atoms with Gasteiger partial charge in [-0.3, -0.25) is 13.9 Å². The lowest BCUT2D eigenvalue weighted by Crippen LogP contribution is -2.52. The lowest BCUT2D eigenvalue weighted by atomic mass is 10.1. The Morgan fingerprint density at radius 3 is 2.19 bits per heavy atom. The summed E-state index contributed by atoms with van der Waals surface area (Å²) in [6.45, 7) is 5.38. The minimum absolute atomic E-state index is 0.00314. The van der Waals surface area contributed by atoms with E-state index in [9.17, 15) is 18.0 Å². The summed E-state index contributed by atoms with van der Waals surface area (Å²) in [6, 6.07) is 14.8. The quantitative estimate of drug-likeness (QED) is 0.227. The molecule has 1 N–H and O–H groups in total. The van der Waals surface area contributed by atoms with Crippen molar-refractivity contribution in [3.8, 4) is 5.75 Å². The van der Waals surface area contributed by atoms with Gasteiger partial charge >= 0.3 is 0 Å². The maximum Gasteiger partial charge on any atom is 0.264 e. The molecule has 0 aliphatic rings. The van der Waals surface area contributed by atoms with Gasteiger partial charge in [0.1, 0.15) is 18.3 Å².